The van der Waals surface area contributed by atoms with Gasteiger partial charge in [0.15, 0.2) is 0 Å². The number of esters is 1. The summed E-state index contributed by atoms with van der Waals surface area (Å²) in [6.07, 6.45) is 6.17. The van der Waals surface area contributed by atoms with Crippen molar-refractivity contribution in [1.82, 2.24) is 4.31 Å². The van der Waals surface area contributed by atoms with Crippen molar-refractivity contribution in [2.45, 2.75) is 30.5 Å². The summed E-state index contributed by atoms with van der Waals surface area (Å²) in [4.78, 5) is 11.4. The summed E-state index contributed by atoms with van der Waals surface area (Å²) in [5, 5.41) is 0. The Morgan fingerprint density at radius 3 is 2.45 bits per heavy atom. The Morgan fingerprint density at radius 2 is 1.95 bits per heavy atom. The van der Waals surface area contributed by atoms with E-state index < -0.39 is 14.9 Å². The zero-order chi connectivity index (χ0) is 14.8. The monoisotopic (exact) mass is 363 g/mol. The van der Waals surface area contributed by atoms with Crippen LogP contribution in [0.3, 0.4) is 0 Å². The van der Waals surface area contributed by atoms with Crippen molar-refractivity contribution in [3.05, 3.63) is 22.6 Å². The van der Waals surface area contributed by atoms with Gasteiger partial charge in [-0.25, -0.2) is 8.42 Å². The van der Waals surface area contributed by atoms with Crippen LogP contribution in [-0.2, 0) is 19.6 Å². The lowest BCUT2D eigenvalue weighted by molar-refractivity contribution is -0.139. The molecule has 2 aliphatic rings. The standard InChI is InChI=1S/C13H18BrNO4S/c1-19-13(16)12(14)10-4-6-11(7-5-10)20(17,18)15-8-2-3-9-15/h4,6,12H,2-3,5,7-9H2,1H3. The molecule has 1 heterocycles. The highest BCUT2D eigenvalue weighted by molar-refractivity contribution is 9.10. The van der Waals surface area contributed by atoms with Gasteiger partial charge in [-0.1, -0.05) is 22.0 Å². The lowest BCUT2D eigenvalue weighted by Gasteiger charge is -2.21. The van der Waals surface area contributed by atoms with Crippen molar-refractivity contribution in [3.63, 3.8) is 0 Å². The molecule has 0 amide bonds. The lowest BCUT2D eigenvalue weighted by atomic mass is 10.0. The summed E-state index contributed by atoms with van der Waals surface area (Å²) in [5.74, 6) is -0.365. The molecule has 1 atom stereocenters. The van der Waals surface area contributed by atoms with Gasteiger partial charge in [0.1, 0.15) is 4.83 Å². The van der Waals surface area contributed by atoms with E-state index in [1.807, 2.05) is 0 Å². The van der Waals surface area contributed by atoms with Gasteiger partial charge in [0.2, 0.25) is 10.0 Å². The molecular weight excluding hydrogens is 346 g/mol. The number of nitrogens with zero attached hydrogens (tertiary/aromatic N) is 1. The maximum Gasteiger partial charge on any atom is 0.323 e. The maximum atomic E-state index is 12.4. The summed E-state index contributed by atoms with van der Waals surface area (Å²) < 4.78 is 31.0. The van der Waals surface area contributed by atoms with Crippen LogP contribution in [-0.4, -0.2) is 43.7 Å². The van der Waals surface area contributed by atoms with Crippen LogP contribution in [0.15, 0.2) is 22.6 Å². The SMILES string of the molecule is COC(=O)C(Br)C1=CC=C(S(=O)(=O)N2CCCC2)CC1. The zero-order valence-corrected chi connectivity index (χ0v) is 13.7. The number of hydrogen-bond acceptors (Lipinski definition) is 4. The third kappa shape index (κ3) is 3.15. The first kappa shape index (κ1) is 15.7. The molecule has 2 rings (SSSR count). The Hall–Kier alpha value is -0.660. The second-order valence-corrected chi connectivity index (χ2v) is 7.78. The number of methoxy groups -OCH3 is 1. The highest BCUT2D eigenvalue weighted by atomic mass is 79.9. The summed E-state index contributed by atoms with van der Waals surface area (Å²) in [6, 6.07) is 0. The Labute approximate surface area is 127 Å². The van der Waals surface area contributed by atoms with Crippen LogP contribution in [0.5, 0.6) is 0 Å². The first-order valence-electron chi connectivity index (χ1n) is 6.58. The van der Waals surface area contributed by atoms with E-state index in [1.165, 1.54) is 7.11 Å². The first-order valence-corrected chi connectivity index (χ1v) is 8.94. The number of carbonyl (C=O) groups excluding carboxylic acids is 1. The van der Waals surface area contributed by atoms with Crippen molar-refractivity contribution >= 4 is 31.9 Å². The molecule has 0 bridgehead atoms. The molecule has 112 valence electrons. The lowest BCUT2D eigenvalue weighted by Crippen LogP contribution is -2.30. The predicted octanol–water partition coefficient (Wildman–Crippen LogP) is 1.95. The molecule has 0 aromatic heterocycles. The second kappa shape index (κ2) is 6.41. The molecule has 0 radical (unpaired) electrons. The van der Waals surface area contributed by atoms with E-state index in [-0.39, 0.29) is 5.97 Å². The van der Waals surface area contributed by atoms with E-state index in [9.17, 15) is 13.2 Å². The van der Waals surface area contributed by atoms with Crippen molar-refractivity contribution in [1.29, 1.82) is 0 Å². The number of rotatable bonds is 4. The third-order valence-electron chi connectivity index (χ3n) is 3.61. The Balaban J connectivity index is 2.15. The highest BCUT2D eigenvalue weighted by Crippen LogP contribution is 2.30. The maximum absolute atomic E-state index is 12.4. The number of halogens is 1. The molecule has 0 N–H and O–H groups in total. The molecule has 5 nitrogen and oxygen atoms in total. The fraction of sp³-hybridized carbons (Fsp3) is 0.615. The molecule has 1 aliphatic carbocycles. The fourth-order valence-electron chi connectivity index (χ4n) is 2.41. The molecule has 1 aliphatic heterocycles. The largest absolute Gasteiger partial charge is 0.468 e. The number of ether oxygens (including phenoxy) is 1. The fourth-order valence-corrected chi connectivity index (χ4v) is 4.65. The van der Waals surface area contributed by atoms with Crippen molar-refractivity contribution < 1.29 is 17.9 Å². The molecule has 1 saturated heterocycles. The minimum absolute atomic E-state index is 0.365. The Kier molecular flexibility index (Phi) is 5.04. The molecule has 1 unspecified atom stereocenters. The number of carbonyl (C=O) groups is 1. The van der Waals surface area contributed by atoms with Crippen molar-refractivity contribution in [2.24, 2.45) is 0 Å². The highest BCUT2D eigenvalue weighted by Gasteiger charge is 2.31. The van der Waals surface area contributed by atoms with Gasteiger partial charge in [-0.15, -0.1) is 0 Å². The molecule has 0 spiro atoms. The van der Waals surface area contributed by atoms with Crippen LogP contribution in [0.2, 0.25) is 0 Å². The predicted molar refractivity (Wildman–Crippen MR) is 79.9 cm³/mol. The molecular formula is C13H18BrNO4S. The quantitative estimate of drug-likeness (QED) is 0.565. The van der Waals surface area contributed by atoms with Gasteiger partial charge in [-0.3, -0.25) is 4.79 Å². The first-order chi connectivity index (χ1) is 9.46. The minimum Gasteiger partial charge on any atom is -0.468 e. The molecule has 0 aromatic carbocycles. The normalized spacial score (nSPS) is 22.1. The van der Waals surface area contributed by atoms with Crippen LogP contribution in [0.1, 0.15) is 25.7 Å². The van der Waals surface area contributed by atoms with Crippen LogP contribution >= 0.6 is 15.9 Å². The molecule has 7 heteroatoms. The van der Waals surface area contributed by atoms with E-state index in [0.717, 1.165) is 18.4 Å². The number of allylic oxidation sites excluding steroid dienone is 3. The van der Waals surface area contributed by atoms with Crippen molar-refractivity contribution in [2.75, 3.05) is 20.2 Å². The van der Waals surface area contributed by atoms with E-state index in [4.69, 9.17) is 0 Å². The van der Waals surface area contributed by atoms with Gasteiger partial charge >= 0.3 is 5.97 Å². The van der Waals surface area contributed by atoms with Crippen LogP contribution in [0.25, 0.3) is 0 Å². The Morgan fingerprint density at radius 1 is 1.30 bits per heavy atom. The topological polar surface area (TPSA) is 63.7 Å². The van der Waals surface area contributed by atoms with Crippen molar-refractivity contribution in [3.8, 4) is 0 Å². The average molecular weight is 364 g/mol. The summed E-state index contributed by atoms with van der Waals surface area (Å²) in [5.41, 5.74) is 0.845. The summed E-state index contributed by atoms with van der Waals surface area (Å²) >= 11 is 3.27. The molecule has 20 heavy (non-hydrogen) atoms. The summed E-state index contributed by atoms with van der Waals surface area (Å²) in [7, 11) is -1.99. The van der Waals surface area contributed by atoms with E-state index in [1.54, 1.807) is 16.5 Å². The number of alkyl halides is 1. The number of hydrogen-bond donors (Lipinski definition) is 0. The molecule has 1 fully saturated rings. The van der Waals surface area contributed by atoms with Crippen LogP contribution in [0, 0.1) is 0 Å². The smallest absolute Gasteiger partial charge is 0.323 e. The minimum atomic E-state index is -3.32. The molecule has 0 saturated carbocycles. The van der Waals surface area contributed by atoms with Gasteiger partial charge in [-0.05, 0) is 37.3 Å². The van der Waals surface area contributed by atoms with Gasteiger partial charge in [0, 0.05) is 13.1 Å². The van der Waals surface area contributed by atoms with Gasteiger partial charge in [0.25, 0.3) is 0 Å². The Bertz CT molecular complexity index is 547. The second-order valence-electron chi connectivity index (χ2n) is 4.87. The van der Waals surface area contributed by atoms with Gasteiger partial charge < -0.3 is 4.74 Å². The average Bonchev–Trinajstić information content (AvgIpc) is 3.00. The van der Waals surface area contributed by atoms with Gasteiger partial charge in [-0.2, -0.15) is 4.31 Å². The van der Waals surface area contributed by atoms with Gasteiger partial charge in [0.05, 0.1) is 12.0 Å². The van der Waals surface area contributed by atoms with Crippen LogP contribution in [0.4, 0.5) is 0 Å². The number of sulfonamides is 1. The van der Waals surface area contributed by atoms with E-state index in [0.29, 0.717) is 30.8 Å². The summed E-state index contributed by atoms with van der Waals surface area (Å²) in [6.45, 7) is 1.22. The zero-order valence-electron chi connectivity index (χ0n) is 11.3. The van der Waals surface area contributed by atoms with Crippen LogP contribution < -0.4 is 0 Å². The third-order valence-corrected chi connectivity index (χ3v) is 6.62. The van der Waals surface area contributed by atoms with E-state index in [2.05, 4.69) is 20.7 Å². The van der Waals surface area contributed by atoms with E-state index >= 15 is 0 Å². The molecule has 0 aromatic rings.